The standard InChI is InChI=1S/C11H21NO2/c1-7(13)6-12-9(14)8-10(2,3)11(8,4)5/h7-8,13H,6H2,1-5H3,(H,12,14). The Bertz CT molecular complexity index is 230. The van der Waals surface area contributed by atoms with Crippen LogP contribution < -0.4 is 5.32 Å². The topological polar surface area (TPSA) is 49.3 Å². The predicted molar refractivity (Wildman–Crippen MR) is 55.7 cm³/mol. The number of rotatable bonds is 3. The summed E-state index contributed by atoms with van der Waals surface area (Å²) in [7, 11) is 0. The van der Waals surface area contributed by atoms with Gasteiger partial charge in [0, 0.05) is 12.5 Å². The second-order valence-corrected chi connectivity index (χ2v) is 5.47. The Balaban J connectivity index is 2.50. The minimum atomic E-state index is -0.469. The first-order valence-electron chi connectivity index (χ1n) is 5.17. The second kappa shape index (κ2) is 3.23. The van der Waals surface area contributed by atoms with Gasteiger partial charge in [-0.1, -0.05) is 27.7 Å². The molecule has 14 heavy (non-hydrogen) atoms. The smallest absolute Gasteiger partial charge is 0.224 e. The maximum atomic E-state index is 11.7. The highest BCUT2D eigenvalue weighted by atomic mass is 16.3. The molecule has 0 radical (unpaired) electrons. The van der Waals surface area contributed by atoms with Gasteiger partial charge in [0.1, 0.15) is 0 Å². The van der Waals surface area contributed by atoms with E-state index in [2.05, 4.69) is 33.0 Å². The fraction of sp³-hybridized carbons (Fsp3) is 0.909. The van der Waals surface area contributed by atoms with Crippen LogP contribution in [0.15, 0.2) is 0 Å². The average Bonchev–Trinajstić information content (AvgIpc) is 2.39. The van der Waals surface area contributed by atoms with Gasteiger partial charge in [-0.2, -0.15) is 0 Å². The molecule has 1 fully saturated rings. The van der Waals surface area contributed by atoms with Crippen molar-refractivity contribution in [3.05, 3.63) is 0 Å². The van der Waals surface area contributed by atoms with Crippen molar-refractivity contribution in [3.63, 3.8) is 0 Å². The molecule has 1 amide bonds. The van der Waals surface area contributed by atoms with Crippen molar-refractivity contribution in [1.29, 1.82) is 0 Å². The molecule has 0 heterocycles. The highest BCUT2D eigenvalue weighted by molar-refractivity contribution is 5.84. The van der Waals surface area contributed by atoms with Crippen LogP contribution in [0.2, 0.25) is 0 Å². The molecule has 1 rings (SSSR count). The first-order valence-corrected chi connectivity index (χ1v) is 5.17. The van der Waals surface area contributed by atoms with Crippen molar-refractivity contribution in [1.82, 2.24) is 5.32 Å². The molecule has 0 spiro atoms. The highest BCUT2D eigenvalue weighted by Crippen LogP contribution is 2.68. The van der Waals surface area contributed by atoms with Crippen LogP contribution in [-0.4, -0.2) is 23.7 Å². The van der Waals surface area contributed by atoms with Crippen LogP contribution in [0, 0.1) is 16.7 Å². The van der Waals surface area contributed by atoms with Gasteiger partial charge < -0.3 is 10.4 Å². The van der Waals surface area contributed by atoms with Gasteiger partial charge in [0.2, 0.25) is 5.91 Å². The van der Waals surface area contributed by atoms with Gasteiger partial charge in [0.15, 0.2) is 0 Å². The van der Waals surface area contributed by atoms with Gasteiger partial charge in [0.05, 0.1) is 6.10 Å². The van der Waals surface area contributed by atoms with E-state index in [1.165, 1.54) is 0 Å². The van der Waals surface area contributed by atoms with Crippen LogP contribution >= 0.6 is 0 Å². The predicted octanol–water partition coefficient (Wildman–Crippen LogP) is 1.17. The van der Waals surface area contributed by atoms with Crippen LogP contribution in [0.25, 0.3) is 0 Å². The molecule has 0 aromatic rings. The van der Waals surface area contributed by atoms with E-state index in [0.717, 1.165) is 0 Å². The van der Waals surface area contributed by atoms with Crippen LogP contribution in [0.5, 0.6) is 0 Å². The van der Waals surface area contributed by atoms with Crippen molar-refractivity contribution in [2.45, 2.75) is 40.7 Å². The summed E-state index contributed by atoms with van der Waals surface area (Å²) in [4.78, 5) is 11.7. The summed E-state index contributed by atoms with van der Waals surface area (Å²) in [5.74, 6) is 0.148. The van der Waals surface area contributed by atoms with Gasteiger partial charge in [-0.05, 0) is 17.8 Å². The molecule has 1 saturated carbocycles. The lowest BCUT2D eigenvalue weighted by Crippen LogP contribution is -2.33. The lowest BCUT2D eigenvalue weighted by Gasteiger charge is -2.07. The van der Waals surface area contributed by atoms with E-state index < -0.39 is 6.10 Å². The Morgan fingerprint density at radius 1 is 1.36 bits per heavy atom. The Hall–Kier alpha value is -0.570. The summed E-state index contributed by atoms with van der Waals surface area (Å²) < 4.78 is 0. The lowest BCUT2D eigenvalue weighted by atomic mass is 10.0. The fourth-order valence-electron chi connectivity index (χ4n) is 2.20. The van der Waals surface area contributed by atoms with E-state index >= 15 is 0 Å². The normalized spacial score (nSPS) is 25.6. The van der Waals surface area contributed by atoms with Gasteiger partial charge in [0.25, 0.3) is 0 Å². The average molecular weight is 199 g/mol. The van der Waals surface area contributed by atoms with Crippen LogP contribution in [0.3, 0.4) is 0 Å². The number of nitrogens with one attached hydrogen (secondary N) is 1. The molecule has 1 unspecified atom stereocenters. The molecule has 0 aromatic carbocycles. The SMILES string of the molecule is CC(O)CNC(=O)C1C(C)(C)C1(C)C. The third kappa shape index (κ3) is 1.65. The van der Waals surface area contributed by atoms with Crippen LogP contribution in [0.4, 0.5) is 0 Å². The van der Waals surface area contributed by atoms with E-state index in [0.29, 0.717) is 6.54 Å². The molecule has 3 nitrogen and oxygen atoms in total. The van der Waals surface area contributed by atoms with Gasteiger partial charge in [-0.3, -0.25) is 4.79 Å². The van der Waals surface area contributed by atoms with Crippen molar-refractivity contribution in [2.24, 2.45) is 16.7 Å². The van der Waals surface area contributed by atoms with Crippen LogP contribution in [-0.2, 0) is 4.79 Å². The molecule has 1 aliphatic carbocycles. The van der Waals surface area contributed by atoms with E-state index in [-0.39, 0.29) is 22.7 Å². The number of hydrogen-bond acceptors (Lipinski definition) is 2. The molecular formula is C11H21NO2. The second-order valence-electron chi connectivity index (χ2n) is 5.47. The zero-order valence-electron chi connectivity index (χ0n) is 9.72. The molecular weight excluding hydrogens is 178 g/mol. The number of carbonyl (C=O) groups is 1. The Labute approximate surface area is 85.9 Å². The van der Waals surface area contributed by atoms with E-state index in [9.17, 15) is 4.79 Å². The van der Waals surface area contributed by atoms with Crippen molar-refractivity contribution >= 4 is 5.91 Å². The zero-order valence-corrected chi connectivity index (χ0v) is 9.72. The summed E-state index contributed by atoms with van der Waals surface area (Å²) in [6.45, 7) is 10.5. The summed E-state index contributed by atoms with van der Waals surface area (Å²) in [6.07, 6.45) is -0.469. The number of aliphatic hydroxyl groups excluding tert-OH is 1. The number of hydrogen-bond donors (Lipinski definition) is 2. The van der Waals surface area contributed by atoms with Crippen molar-refractivity contribution in [3.8, 4) is 0 Å². The summed E-state index contributed by atoms with van der Waals surface area (Å²) in [5, 5.41) is 11.8. The van der Waals surface area contributed by atoms with E-state index in [1.807, 2.05) is 0 Å². The Morgan fingerprint density at radius 3 is 2.07 bits per heavy atom. The summed E-state index contributed by atoms with van der Waals surface area (Å²) >= 11 is 0. The number of aliphatic hydroxyl groups is 1. The molecule has 0 aliphatic heterocycles. The first-order chi connectivity index (χ1) is 6.21. The number of carbonyl (C=O) groups excluding carboxylic acids is 1. The maximum Gasteiger partial charge on any atom is 0.224 e. The first kappa shape index (κ1) is 11.5. The van der Waals surface area contributed by atoms with Crippen molar-refractivity contribution < 1.29 is 9.90 Å². The highest BCUT2D eigenvalue weighted by Gasteiger charge is 2.68. The fourth-order valence-corrected chi connectivity index (χ4v) is 2.20. The van der Waals surface area contributed by atoms with E-state index in [4.69, 9.17) is 5.11 Å². The summed E-state index contributed by atoms with van der Waals surface area (Å²) in [6, 6.07) is 0. The van der Waals surface area contributed by atoms with E-state index in [1.54, 1.807) is 6.92 Å². The quantitative estimate of drug-likeness (QED) is 0.716. The number of amides is 1. The Kier molecular flexibility index (Phi) is 2.65. The molecule has 1 aliphatic rings. The maximum absolute atomic E-state index is 11.7. The molecule has 82 valence electrons. The lowest BCUT2D eigenvalue weighted by molar-refractivity contribution is -0.123. The minimum Gasteiger partial charge on any atom is -0.392 e. The monoisotopic (exact) mass is 199 g/mol. The molecule has 1 atom stereocenters. The van der Waals surface area contributed by atoms with Crippen LogP contribution in [0.1, 0.15) is 34.6 Å². The minimum absolute atomic E-state index is 0.0703. The van der Waals surface area contributed by atoms with Gasteiger partial charge >= 0.3 is 0 Å². The Morgan fingerprint density at radius 2 is 1.79 bits per heavy atom. The molecule has 2 N–H and O–H groups in total. The van der Waals surface area contributed by atoms with Crippen molar-refractivity contribution in [2.75, 3.05) is 6.54 Å². The van der Waals surface area contributed by atoms with Gasteiger partial charge in [-0.25, -0.2) is 0 Å². The molecule has 0 bridgehead atoms. The third-order valence-electron chi connectivity index (χ3n) is 3.85. The molecule has 3 heteroatoms. The molecule has 0 saturated heterocycles. The third-order valence-corrected chi connectivity index (χ3v) is 3.85. The largest absolute Gasteiger partial charge is 0.392 e. The zero-order chi connectivity index (χ0) is 11.1. The summed E-state index contributed by atoms with van der Waals surface area (Å²) in [5.41, 5.74) is 0.158. The van der Waals surface area contributed by atoms with Gasteiger partial charge in [-0.15, -0.1) is 0 Å². The molecule has 0 aromatic heterocycles.